The lowest BCUT2D eigenvalue weighted by molar-refractivity contribution is -0.305. The molecule has 1 aliphatic heterocycles. The van der Waals surface area contributed by atoms with Crippen molar-refractivity contribution < 1.29 is 24.2 Å². The minimum atomic E-state index is -1.24. The van der Waals surface area contributed by atoms with Gasteiger partial charge < -0.3 is 24.7 Å². The molecule has 1 aromatic rings. The number of carbonyl (C=O) groups is 2. The van der Waals surface area contributed by atoms with E-state index in [0.717, 1.165) is 0 Å². The third kappa shape index (κ3) is 3.63. The van der Waals surface area contributed by atoms with Crippen LogP contribution in [0.2, 0.25) is 0 Å². The summed E-state index contributed by atoms with van der Waals surface area (Å²) in [5.41, 5.74) is 0. The van der Waals surface area contributed by atoms with Gasteiger partial charge in [-0.3, -0.25) is 4.79 Å². The summed E-state index contributed by atoms with van der Waals surface area (Å²) in [7, 11) is 0. The van der Waals surface area contributed by atoms with Crippen molar-refractivity contribution in [2.75, 3.05) is 6.61 Å². The first-order chi connectivity index (χ1) is 9.56. The second-order valence-corrected chi connectivity index (χ2v) is 4.64. The molecule has 1 aromatic carbocycles. The zero-order valence-electron chi connectivity index (χ0n) is 11.1. The number of para-hydroxylation sites is 2. The zero-order valence-corrected chi connectivity index (χ0v) is 11.1. The maximum Gasteiger partial charge on any atom is 0.220 e. The molecule has 0 aromatic heterocycles. The highest BCUT2D eigenvalue weighted by atomic mass is 16.6. The molecule has 0 saturated carbocycles. The minimum absolute atomic E-state index is 0.100. The first kappa shape index (κ1) is 14.2. The summed E-state index contributed by atoms with van der Waals surface area (Å²) in [5, 5.41) is 13.0. The Hall–Kier alpha value is -2.24. The van der Waals surface area contributed by atoms with Crippen molar-refractivity contribution in [3.63, 3.8) is 0 Å². The van der Waals surface area contributed by atoms with Crippen LogP contribution in [0.15, 0.2) is 24.3 Å². The molecule has 0 spiro atoms. The van der Waals surface area contributed by atoms with Crippen molar-refractivity contribution in [3.05, 3.63) is 24.3 Å². The van der Waals surface area contributed by atoms with Gasteiger partial charge in [0.15, 0.2) is 17.6 Å². The molecule has 0 unspecified atom stereocenters. The van der Waals surface area contributed by atoms with Gasteiger partial charge in [-0.05, 0) is 25.5 Å². The van der Waals surface area contributed by atoms with E-state index in [-0.39, 0.29) is 30.9 Å². The number of amides is 1. The molecule has 1 heterocycles. The molecule has 0 aliphatic carbocycles. The second-order valence-electron chi connectivity index (χ2n) is 4.64. The average molecular weight is 278 g/mol. The Balaban J connectivity index is 1.86. The first-order valence-corrected chi connectivity index (χ1v) is 6.44. The number of fused-ring (bicyclic) bond motifs is 1. The minimum Gasteiger partial charge on any atom is -0.550 e. The van der Waals surface area contributed by atoms with E-state index in [0.29, 0.717) is 18.1 Å². The SMILES string of the molecule is C[C@H](NC(=O)CCC(=O)[O-])[C@@H]1COc2ccccc2O1. The summed E-state index contributed by atoms with van der Waals surface area (Å²) in [4.78, 5) is 21.8. The first-order valence-electron chi connectivity index (χ1n) is 6.44. The molecule has 2 atom stereocenters. The standard InChI is InChI=1S/C14H17NO5/c1-9(15-13(16)6-7-14(17)18)12-8-19-10-4-2-3-5-11(10)20-12/h2-5,9,12H,6-8H2,1H3,(H,15,16)(H,17,18)/p-1/t9-,12-/m0/s1. The lowest BCUT2D eigenvalue weighted by Gasteiger charge is -2.30. The lowest BCUT2D eigenvalue weighted by atomic mass is 10.1. The average Bonchev–Trinajstić information content (AvgIpc) is 2.44. The van der Waals surface area contributed by atoms with Gasteiger partial charge in [-0.2, -0.15) is 0 Å². The van der Waals surface area contributed by atoms with Crippen molar-refractivity contribution in [2.24, 2.45) is 0 Å². The molecule has 6 nitrogen and oxygen atoms in total. The summed E-state index contributed by atoms with van der Waals surface area (Å²) in [6, 6.07) is 7.03. The number of hydrogen-bond donors (Lipinski definition) is 1. The van der Waals surface area contributed by atoms with Gasteiger partial charge in [-0.25, -0.2) is 0 Å². The van der Waals surface area contributed by atoms with E-state index in [9.17, 15) is 14.7 Å². The Kier molecular flexibility index (Phi) is 4.45. The van der Waals surface area contributed by atoms with Crippen LogP contribution in [0.25, 0.3) is 0 Å². The normalized spacial score (nSPS) is 18.1. The number of rotatable bonds is 5. The van der Waals surface area contributed by atoms with E-state index in [2.05, 4.69) is 5.32 Å². The quantitative estimate of drug-likeness (QED) is 0.810. The van der Waals surface area contributed by atoms with E-state index < -0.39 is 5.97 Å². The fraction of sp³-hybridized carbons (Fsp3) is 0.429. The van der Waals surface area contributed by atoms with Crippen LogP contribution in [-0.2, 0) is 9.59 Å². The van der Waals surface area contributed by atoms with Crippen LogP contribution in [0.3, 0.4) is 0 Å². The third-order valence-electron chi connectivity index (χ3n) is 3.03. The molecule has 108 valence electrons. The van der Waals surface area contributed by atoms with Crippen molar-refractivity contribution in [1.82, 2.24) is 5.32 Å². The van der Waals surface area contributed by atoms with Crippen LogP contribution < -0.4 is 19.9 Å². The second kappa shape index (κ2) is 6.27. The van der Waals surface area contributed by atoms with Crippen molar-refractivity contribution in [3.8, 4) is 11.5 Å². The molecule has 20 heavy (non-hydrogen) atoms. The smallest absolute Gasteiger partial charge is 0.220 e. The summed E-state index contributed by atoms with van der Waals surface area (Å²) in [6.45, 7) is 2.12. The summed E-state index contributed by atoms with van der Waals surface area (Å²) < 4.78 is 11.3. The largest absolute Gasteiger partial charge is 0.550 e. The Morgan fingerprint density at radius 1 is 1.35 bits per heavy atom. The van der Waals surface area contributed by atoms with Crippen LogP contribution in [0.1, 0.15) is 19.8 Å². The highest BCUT2D eigenvalue weighted by Gasteiger charge is 2.26. The molecular formula is C14H16NO5-. The molecule has 1 amide bonds. The summed E-state index contributed by atoms with van der Waals surface area (Å²) >= 11 is 0. The van der Waals surface area contributed by atoms with Crippen molar-refractivity contribution >= 4 is 11.9 Å². The highest BCUT2D eigenvalue weighted by Crippen LogP contribution is 2.31. The van der Waals surface area contributed by atoms with E-state index >= 15 is 0 Å². The van der Waals surface area contributed by atoms with Crippen LogP contribution in [0, 0.1) is 0 Å². The number of benzene rings is 1. The number of carbonyl (C=O) groups excluding carboxylic acids is 2. The van der Waals surface area contributed by atoms with Crippen LogP contribution in [0.5, 0.6) is 11.5 Å². The summed E-state index contributed by atoms with van der Waals surface area (Å²) in [5.74, 6) is -0.262. The number of carboxylic acids is 1. The lowest BCUT2D eigenvalue weighted by Crippen LogP contribution is -2.48. The van der Waals surface area contributed by atoms with Crippen molar-refractivity contribution in [2.45, 2.75) is 31.9 Å². The van der Waals surface area contributed by atoms with Gasteiger partial charge in [0.2, 0.25) is 5.91 Å². The maximum atomic E-state index is 11.5. The predicted octanol–water partition coefficient (Wildman–Crippen LogP) is -0.139. The monoisotopic (exact) mass is 278 g/mol. The molecule has 2 rings (SSSR count). The summed E-state index contributed by atoms with van der Waals surface area (Å²) in [6.07, 6.45) is -0.697. The molecule has 1 aliphatic rings. The van der Waals surface area contributed by atoms with E-state index in [4.69, 9.17) is 9.47 Å². The number of nitrogens with one attached hydrogen (secondary N) is 1. The molecule has 0 saturated heterocycles. The number of ether oxygens (including phenoxy) is 2. The Bertz CT molecular complexity index is 502. The van der Waals surface area contributed by atoms with Gasteiger partial charge in [0.25, 0.3) is 0 Å². The van der Waals surface area contributed by atoms with Gasteiger partial charge in [-0.1, -0.05) is 12.1 Å². The molecule has 6 heteroatoms. The fourth-order valence-corrected chi connectivity index (χ4v) is 1.92. The molecule has 0 fully saturated rings. The predicted molar refractivity (Wildman–Crippen MR) is 68.2 cm³/mol. The maximum absolute atomic E-state index is 11.5. The van der Waals surface area contributed by atoms with Crippen molar-refractivity contribution in [1.29, 1.82) is 0 Å². The molecular weight excluding hydrogens is 262 g/mol. The van der Waals surface area contributed by atoms with E-state index in [1.165, 1.54) is 0 Å². The Labute approximate surface area is 116 Å². The van der Waals surface area contributed by atoms with Gasteiger partial charge in [0, 0.05) is 12.4 Å². The number of aliphatic carboxylic acids is 1. The number of hydrogen-bond acceptors (Lipinski definition) is 5. The van der Waals surface area contributed by atoms with Gasteiger partial charge in [0.05, 0.1) is 6.04 Å². The molecule has 0 bridgehead atoms. The van der Waals surface area contributed by atoms with Crippen LogP contribution in [0.4, 0.5) is 0 Å². The third-order valence-corrected chi connectivity index (χ3v) is 3.03. The Morgan fingerprint density at radius 2 is 2.05 bits per heavy atom. The zero-order chi connectivity index (χ0) is 14.5. The molecule has 1 N–H and O–H groups in total. The van der Waals surface area contributed by atoms with Crippen LogP contribution >= 0.6 is 0 Å². The molecule has 0 radical (unpaired) electrons. The Morgan fingerprint density at radius 3 is 2.75 bits per heavy atom. The fourth-order valence-electron chi connectivity index (χ4n) is 1.92. The topological polar surface area (TPSA) is 87.7 Å². The van der Waals surface area contributed by atoms with Gasteiger partial charge in [0.1, 0.15) is 6.61 Å². The van der Waals surface area contributed by atoms with E-state index in [1.54, 1.807) is 13.0 Å². The van der Waals surface area contributed by atoms with Gasteiger partial charge in [-0.15, -0.1) is 0 Å². The van der Waals surface area contributed by atoms with Crippen LogP contribution in [-0.4, -0.2) is 30.6 Å². The number of carboxylic acid groups (broad SMARTS) is 1. The van der Waals surface area contributed by atoms with E-state index in [1.807, 2.05) is 18.2 Å². The van der Waals surface area contributed by atoms with Gasteiger partial charge >= 0.3 is 0 Å². The highest BCUT2D eigenvalue weighted by molar-refractivity contribution is 5.80.